The van der Waals surface area contributed by atoms with Gasteiger partial charge in [0, 0.05) is 0 Å². The van der Waals surface area contributed by atoms with Crippen molar-refractivity contribution < 1.29 is 28.6 Å². The van der Waals surface area contributed by atoms with Gasteiger partial charge in [0.1, 0.15) is 0 Å². The van der Waals surface area contributed by atoms with Crippen LogP contribution in [0, 0.1) is 5.92 Å². The molecule has 0 radical (unpaired) electrons. The van der Waals surface area contributed by atoms with Gasteiger partial charge in [0.2, 0.25) is 0 Å². The van der Waals surface area contributed by atoms with E-state index in [1.165, 1.54) is 6.07 Å². The van der Waals surface area contributed by atoms with Gasteiger partial charge in [-0.05, 0) is 43.2 Å². The van der Waals surface area contributed by atoms with E-state index in [1.54, 1.807) is 36.4 Å². The number of esters is 1. The number of rotatable bonds is 8. The molecule has 29 heavy (non-hydrogen) atoms. The summed E-state index contributed by atoms with van der Waals surface area (Å²) in [6.07, 6.45) is 0. The summed E-state index contributed by atoms with van der Waals surface area (Å²) in [7, 11) is 0. The van der Waals surface area contributed by atoms with Gasteiger partial charge < -0.3 is 14.2 Å². The molecule has 0 saturated heterocycles. The molecule has 0 fully saturated rings. The van der Waals surface area contributed by atoms with Crippen LogP contribution in [0.4, 0.5) is 0 Å². The topological polar surface area (TPSA) is 82.1 Å². The van der Waals surface area contributed by atoms with E-state index >= 15 is 0 Å². The van der Waals surface area contributed by atoms with Crippen molar-refractivity contribution in [3.63, 3.8) is 0 Å². The summed E-state index contributed by atoms with van der Waals surface area (Å²) in [5.41, 5.74) is 0.847. The smallest absolute Gasteiger partial charge is 0.340 e. The zero-order valence-corrected chi connectivity index (χ0v) is 16.6. The molecular formula is C22H23NO6. The van der Waals surface area contributed by atoms with Crippen LogP contribution in [-0.2, 0) is 4.74 Å². The third-order valence-corrected chi connectivity index (χ3v) is 4.25. The molecule has 0 atom stereocenters. The maximum Gasteiger partial charge on any atom is 0.340 e. The first kappa shape index (κ1) is 20.4. The summed E-state index contributed by atoms with van der Waals surface area (Å²) in [4.78, 5) is 38.1. The minimum absolute atomic E-state index is 0.238. The predicted octanol–water partition coefficient (Wildman–Crippen LogP) is 3.53. The molecule has 0 aliphatic carbocycles. The van der Waals surface area contributed by atoms with Gasteiger partial charge in [-0.1, -0.05) is 26.0 Å². The van der Waals surface area contributed by atoms with Crippen LogP contribution in [0.3, 0.4) is 0 Å². The number of carbonyl (C=O) groups is 3. The second-order valence-corrected chi connectivity index (χ2v) is 6.94. The fourth-order valence-electron chi connectivity index (χ4n) is 2.84. The fraction of sp³-hybridized carbons (Fsp3) is 0.318. The van der Waals surface area contributed by atoms with Crippen LogP contribution in [0.25, 0.3) is 0 Å². The van der Waals surface area contributed by atoms with Crippen molar-refractivity contribution in [3.05, 3.63) is 59.2 Å². The lowest BCUT2D eigenvalue weighted by Crippen LogP contribution is -2.33. The third kappa shape index (κ3) is 4.39. The molecule has 152 valence electrons. The molecule has 7 nitrogen and oxygen atoms in total. The van der Waals surface area contributed by atoms with E-state index in [0.29, 0.717) is 41.8 Å². The number of hydrogen-bond acceptors (Lipinski definition) is 6. The molecule has 1 aliphatic rings. The minimum Gasteiger partial charge on any atom is -0.490 e. The highest BCUT2D eigenvalue weighted by Crippen LogP contribution is 2.29. The Labute approximate surface area is 169 Å². The van der Waals surface area contributed by atoms with E-state index < -0.39 is 24.5 Å². The normalized spacial score (nSPS) is 12.9. The number of nitrogens with zero attached hydrogens (tertiary/aromatic N) is 1. The highest BCUT2D eigenvalue weighted by atomic mass is 16.5. The molecular weight excluding hydrogens is 374 g/mol. The number of carbonyl (C=O) groups excluding carboxylic acids is 3. The highest BCUT2D eigenvalue weighted by Gasteiger charge is 2.35. The molecule has 0 N–H and O–H groups in total. The lowest BCUT2D eigenvalue weighted by molar-refractivity contribution is 0.0227. The lowest BCUT2D eigenvalue weighted by atomic mass is 10.1. The van der Waals surface area contributed by atoms with Gasteiger partial charge in [-0.3, -0.25) is 9.59 Å². The Morgan fingerprint density at radius 1 is 0.966 bits per heavy atom. The molecule has 7 heteroatoms. The third-order valence-electron chi connectivity index (χ3n) is 4.25. The molecule has 2 aromatic rings. The van der Waals surface area contributed by atoms with Crippen LogP contribution in [-0.4, -0.2) is 42.6 Å². The number of hydrogen-bond donors (Lipinski definition) is 0. The van der Waals surface area contributed by atoms with Gasteiger partial charge in [0.25, 0.3) is 11.8 Å². The molecule has 0 bridgehead atoms. The van der Waals surface area contributed by atoms with Crippen molar-refractivity contribution in [2.75, 3.05) is 19.9 Å². The first-order valence-corrected chi connectivity index (χ1v) is 9.44. The molecule has 0 spiro atoms. The van der Waals surface area contributed by atoms with E-state index in [4.69, 9.17) is 14.2 Å². The first-order chi connectivity index (χ1) is 13.9. The molecule has 1 heterocycles. The fourth-order valence-corrected chi connectivity index (χ4v) is 2.84. The van der Waals surface area contributed by atoms with Gasteiger partial charge in [-0.2, -0.15) is 0 Å². The van der Waals surface area contributed by atoms with Gasteiger partial charge in [-0.15, -0.1) is 0 Å². The number of benzene rings is 2. The van der Waals surface area contributed by atoms with E-state index in [1.807, 2.05) is 20.8 Å². The summed E-state index contributed by atoms with van der Waals surface area (Å²) in [6.45, 7) is 6.37. The van der Waals surface area contributed by atoms with E-state index in [-0.39, 0.29) is 5.56 Å². The molecule has 2 aromatic carbocycles. The summed E-state index contributed by atoms with van der Waals surface area (Å²) in [5.74, 6) is -0.316. The predicted molar refractivity (Wildman–Crippen MR) is 105 cm³/mol. The van der Waals surface area contributed by atoms with Crippen LogP contribution in [0.15, 0.2) is 42.5 Å². The van der Waals surface area contributed by atoms with E-state index in [0.717, 1.165) is 4.90 Å². The zero-order valence-electron chi connectivity index (χ0n) is 16.6. The Kier molecular flexibility index (Phi) is 6.16. The van der Waals surface area contributed by atoms with Gasteiger partial charge in [-0.25, -0.2) is 9.69 Å². The number of amides is 2. The van der Waals surface area contributed by atoms with Gasteiger partial charge in [0.05, 0.1) is 29.9 Å². The average molecular weight is 397 g/mol. The van der Waals surface area contributed by atoms with Crippen LogP contribution in [0.5, 0.6) is 11.5 Å². The SMILES string of the molecule is CCOc1cc(C(=O)OCN2C(=O)c3ccccc3C2=O)ccc1OCC(C)C. The van der Waals surface area contributed by atoms with Crippen molar-refractivity contribution in [2.24, 2.45) is 5.92 Å². The van der Waals surface area contributed by atoms with Gasteiger partial charge in [0.15, 0.2) is 18.2 Å². The van der Waals surface area contributed by atoms with Crippen LogP contribution < -0.4 is 9.47 Å². The first-order valence-electron chi connectivity index (χ1n) is 9.44. The summed E-state index contributed by atoms with van der Waals surface area (Å²) in [6, 6.07) is 11.2. The van der Waals surface area contributed by atoms with Crippen LogP contribution in [0.1, 0.15) is 51.8 Å². The molecule has 2 amide bonds. The highest BCUT2D eigenvalue weighted by molar-refractivity contribution is 6.21. The second-order valence-electron chi connectivity index (χ2n) is 6.94. The molecule has 3 rings (SSSR count). The Balaban J connectivity index is 1.69. The van der Waals surface area contributed by atoms with Crippen LogP contribution in [0.2, 0.25) is 0 Å². The van der Waals surface area contributed by atoms with Crippen molar-refractivity contribution >= 4 is 17.8 Å². The largest absolute Gasteiger partial charge is 0.490 e. The van der Waals surface area contributed by atoms with Crippen molar-refractivity contribution in [1.29, 1.82) is 0 Å². The van der Waals surface area contributed by atoms with E-state index in [2.05, 4.69) is 0 Å². The molecule has 1 aliphatic heterocycles. The Morgan fingerprint density at radius 3 is 2.21 bits per heavy atom. The summed E-state index contributed by atoms with van der Waals surface area (Å²) in [5, 5.41) is 0. The molecule has 0 aromatic heterocycles. The zero-order chi connectivity index (χ0) is 21.0. The monoisotopic (exact) mass is 397 g/mol. The molecule has 0 unspecified atom stereocenters. The summed E-state index contributed by atoms with van der Waals surface area (Å²) >= 11 is 0. The minimum atomic E-state index is -0.669. The number of ether oxygens (including phenoxy) is 3. The number of fused-ring (bicyclic) bond motifs is 1. The lowest BCUT2D eigenvalue weighted by Gasteiger charge is -2.16. The Hall–Kier alpha value is -3.35. The second kappa shape index (κ2) is 8.77. The van der Waals surface area contributed by atoms with Crippen LogP contribution >= 0.6 is 0 Å². The van der Waals surface area contributed by atoms with Gasteiger partial charge >= 0.3 is 5.97 Å². The maximum atomic E-state index is 12.5. The number of imide groups is 1. The Bertz CT molecular complexity index is 902. The van der Waals surface area contributed by atoms with E-state index in [9.17, 15) is 14.4 Å². The van der Waals surface area contributed by atoms with Crippen molar-refractivity contribution in [2.45, 2.75) is 20.8 Å². The average Bonchev–Trinajstić information content (AvgIpc) is 2.95. The maximum absolute atomic E-state index is 12.5. The summed E-state index contributed by atoms with van der Waals surface area (Å²) < 4.78 is 16.5. The quantitative estimate of drug-likeness (QED) is 0.501. The standard InChI is InChI=1S/C22H23NO6/c1-4-27-19-11-15(9-10-18(19)28-12-14(2)3)22(26)29-13-23-20(24)16-7-5-6-8-17(16)21(23)25/h5-11,14H,4,12-13H2,1-3H3. The Morgan fingerprint density at radius 2 is 1.62 bits per heavy atom. The molecule has 0 saturated carbocycles. The van der Waals surface area contributed by atoms with Crippen molar-refractivity contribution in [3.8, 4) is 11.5 Å². The van der Waals surface area contributed by atoms with Crippen molar-refractivity contribution in [1.82, 2.24) is 4.90 Å².